The van der Waals surface area contributed by atoms with Crippen LogP contribution in [-0.4, -0.2) is 196 Å². The lowest BCUT2D eigenvalue weighted by molar-refractivity contribution is -0.145. The summed E-state index contributed by atoms with van der Waals surface area (Å²) in [6.45, 7) is 8.21. The third kappa shape index (κ3) is 20.3. The molecule has 6 aromatic rings. The van der Waals surface area contributed by atoms with E-state index in [4.69, 9.17) is 9.47 Å². The number of nitrogens with zero attached hydrogens (tertiary/aromatic N) is 3. The largest absolute Gasteiger partial charge is 0.490 e. The molecular weight excluding hydrogens is 1310 g/mol. The van der Waals surface area contributed by atoms with Crippen LogP contribution in [-0.2, 0) is 83.2 Å². The molecule has 0 spiro atoms. The topological polar surface area (TPSA) is 366 Å². The van der Waals surface area contributed by atoms with Crippen LogP contribution < -0.4 is 42.0 Å². The zero-order valence-electron chi connectivity index (χ0n) is 58.6. The van der Waals surface area contributed by atoms with Crippen molar-refractivity contribution < 1.29 is 72.4 Å². The smallest absolute Gasteiger partial charge is 0.326 e. The van der Waals surface area contributed by atoms with E-state index in [2.05, 4.69) is 47.2 Å². The SMILES string of the molecule is CN[C@@H](C)C(=O)C[C@@H](Cc1cnc[nH]1)C(=O)N1C[C@@H]2C[C@H]1C(=O)C[C@@H](Cc1ccc3ccccc3c1)C(=O)N[C@H](C(=O)O)CCC(=O)N[C@H]1C[C@@H](C(=O)N[C@@H](Cc3ccc4ccccc4c3)C(=O)N[C@H](C(=O)O)Cc3ccc(cc3)OC/C=C/CO2)N(C(=O)[C@@H](NC(=O)[C@H](C)NC)C(C)(C)C)C1. The van der Waals surface area contributed by atoms with E-state index in [0.29, 0.717) is 28.1 Å². The van der Waals surface area contributed by atoms with Crippen LogP contribution in [0.15, 0.2) is 134 Å². The van der Waals surface area contributed by atoms with Crippen LogP contribution in [0.1, 0.15) is 95.5 Å². The summed E-state index contributed by atoms with van der Waals surface area (Å²) in [5, 5.41) is 44.4. The maximum Gasteiger partial charge on any atom is 0.326 e. The van der Waals surface area contributed by atoms with Crippen molar-refractivity contribution >= 4 is 86.4 Å². The van der Waals surface area contributed by atoms with E-state index in [1.54, 1.807) is 97.4 Å². The number of Topliss-reactive ketones (excluding diaryl/α,β-unsaturated/α-hetero) is 2. The summed E-state index contributed by atoms with van der Waals surface area (Å²) in [4.78, 5) is 168. The Morgan fingerprint density at radius 3 is 1.89 bits per heavy atom. The van der Waals surface area contributed by atoms with Crippen molar-refractivity contribution in [2.75, 3.05) is 40.4 Å². The number of rotatable bonds is 17. The first-order valence-electron chi connectivity index (χ1n) is 34.6. The molecule has 102 heavy (non-hydrogen) atoms. The molecule has 6 bridgehead atoms. The summed E-state index contributed by atoms with van der Waals surface area (Å²) in [6.07, 6.45) is 3.57. The Morgan fingerprint density at radius 1 is 0.657 bits per heavy atom. The van der Waals surface area contributed by atoms with Crippen LogP contribution in [0.3, 0.4) is 0 Å². The second kappa shape index (κ2) is 34.9. The number of fused-ring (bicyclic) bond motifs is 23. The van der Waals surface area contributed by atoms with Crippen LogP contribution in [0, 0.1) is 17.3 Å². The van der Waals surface area contributed by atoms with Gasteiger partial charge in [0.2, 0.25) is 41.4 Å². The van der Waals surface area contributed by atoms with E-state index in [9.17, 15) is 43.8 Å². The van der Waals surface area contributed by atoms with Gasteiger partial charge in [-0.15, -0.1) is 0 Å². The summed E-state index contributed by atoms with van der Waals surface area (Å²) in [5.74, 6) is -10.3. The highest BCUT2D eigenvalue weighted by Gasteiger charge is 2.48. The van der Waals surface area contributed by atoms with E-state index < -0.39 is 156 Å². The molecular formula is C76H93N11O15. The van der Waals surface area contributed by atoms with Crippen LogP contribution in [0.4, 0.5) is 0 Å². The summed E-state index contributed by atoms with van der Waals surface area (Å²) in [7, 11) is 3.21. The number of carboxylic acid groups (broad SMARTS) is 2. The second-order valence-corrected chi connectivity index (χ2v) is 27.8. The molecule has 26 heteroatoms. The van der Waals surface area contributed by atoms with Crippen molar-refractivity contribution in [2.24, 2.45) is 17.3 Å². The zero-order valence-corrected chi connectivity index (χ0v) is 58.6. The molecule has 5 aromatic carbocycles. The molecule has 4 aliphatic heterocycles. The number of nitrogens with one attached hydrogen (secondary N) is 8. The lowest BCUT2D eigenvalue weighted by Gasteiger charge is -2.36. The number of amides is 7. The highest BCUT2D eigenvalue weighted by atomic mass is 16.5. The molecule has 2 saturated heterocycles. The maximum absolute atomic E-state index is 15.2. The number of benzene rings is 5. The molecule has 7 amide bonds. The Kier molecular flexibility index (Phi) is 26.0. The Bertz CT molecular complexity index is 4040. The molecule has 12 atom stereocenters. The number of carbonyl (C=O) groups is 11. The number of carbonyl (C=O) groups excluding carboxylic acids is 9. The van der Waals surface area contributed by atoms with E-state index >= 15 is 19.2 Å². The average Bonchev–Trinajstić information content (AvgIpc) is 1.61. The van der Waals surface area contributed by atoms with Gasteiger partial charge in [0.1, 0.15) is 48.3 Å². The van der Waals surface area contributed by atoms with E-state index in [1.165, 1.54) is 16.1 Å². The molecule has 1 aromatic heterocycles. The summed E-state index contributed by atoms with van der Waals surface area (Å²) in [5.41, 5.74) is 1.38. The van der Waals surface area contributed by atoms with Crippen LogP contribution in [0.25, 0.3) is 21.5 Å². The standard InChI is InChI=1S/C76H93N11O15/c1-44(77-6)64(88)37-54(35-55-40-79-43-80-55)72(95)87-42-58-39-62(87)65(89)36-53(32-47-18-22-49-14-8-10-16-51(49)30-47)69(92)82-59(74(97)98)26-27-66(90)81-56-38-63(86(41-56)73(96)67(76(3,4)5)85-68(91)45(2)78-7)71(94)83-60(34-48-19-23-50-15-9-11-17-52(50)31-48)70(93)84-61(75(99)100)33-46-20-24-57(25-21-46)101-28-12-13-29-102-58/h8-25,30-31,40,43-45,53-54,56,58-63,67,77-78H,26-29,32-39,41-42H2,1-7H3,(H,79,80)(H,81,90)(H,82,92)(H,83,94)(H,84,93)(H,85,91)(H,97,98)(H,99,100)/b13-12+/t44-,45-,53+,54+,56-,58-,59-,60-,61-,62-,63-,67+/m0/s1. The van der Waals surface area contributed by atoms with Gasteiger partial charge in [-0.3, -0.25) is 43.2 Å². The summed E-state index contributed by atoms with van der Waals surface area (Å²) < 4.78 is 12.3. The first kappa shape index (κ1) is 76.0. The molecule has 542 valence electrons. The highest BCUT2D eigenvalue weighted by molar-refractivity contribution is 5.98. The van der Waals surface area contributed by atoms with Gasteiger partial charge in [-0.05, 0) is 109 Å². The minimum Gasteiger partial charge on any atom is -0.490 e. The van der Waals surface area contributed by atoms with Gasteiger partial charge in [0, 0.05) is 81.9 Å². The quantitative estimate of drug-likeness (QED) is 0.0569. The molecule has 0 radical (unpaired) electrons. The van der Waals surface area contributed by atoms with Crippen molar-refractivity contribution in [2.45, 2.75) is 159 Å². The summed E-state index contributed by atoms with van der Waals surface area (Å²) in [6, 6.07) is 21.9. The number of hydrogen-bond acceptors (Lipinski definition) is 16. The van der Waals surface area contributed by atoms with Crippen LogP contribution in [0.2, 0.25) is 0 Å². The number of aliphatic carboxylic acids is 2. The fourth-order valence-electron chi connectivity index (χ4n) is 13.2. The zero-order chi connectivity index (χ0) is 73.4. The van der Waals surface area contributed by atoms with Gasteiger partial charge in [-0.25, -0.2) is 14.6 Å². The molecule has 0 unspecified atom stereocenters. The number of aromatic nitrogens is 2. The average molecular weight is 1400 g/mol. The molecule has 0 saturated carbocycles. The van der Waals surface area contributed by atoms with Crippen molar-refractivity contribution in [3.8, 4) is 5.75 Å². The van der Waals surface area contributed by atoms with E-state index in [0.717, 1.165) is 21.5 Å². The lowest BCUT2D eigenvalue weighted by Crippen LogP contribution is -2.61. The van der Waals surface area contributed by atoms with Gasteiger partial charge in [0.25, 0.3) is 0 Å². The van der Waals surface area contributed by atoms with Crippen molar-refractivity contribution in [1.29, 1.82) is 0 Å². The Morgan fingerprint density at radius 2 is 1.27 bits per heavy atom. The molecule has 4 aliphatic rings. The summed E-state index contributed by atoms with van der Waals surface area (Å²) >= 11 is 0. The monoisotopic (exact) mass is 1400 g/mol. The number of carboxylic acids is 2. The van der Waals surface area contributed by atoms with Crippen LogP contribution in [0.5, 0.6) is 5.75 Å². The highest BCUT2D eigenvalue weighted by Crippen LogP contribution is 2.31. The predicted octanol–water partition coefficient (Wildman–Crippen LogP) is 4.31. The van der Waals surface area contributed by atoms with Gasteiger partial charge in [-0.2, -0.15) is 0 Å². The van der Waals surface area contributed by atoms with E-state index in [-0.39, 0.29) is 77.0 Å². The van der Waals surface area contributed by atoms with Gasteiger partial charge in [0.05, 0.1) is 43.1 Å². The van der Waals surface area contributed by atoms with Gasteiger partial charge in [-0.1, -0.05) is 124 Å². The maximum atomic E-state index is 15.2. The molecule has 5 heterocycles. The van der Waals surface area contributed by atoms with E-state index in [1.807, 2.05) is 78.9 Å². The number of H-pyrrole nitrogens is 1. The lowest BCUT2D eigenvalue weighted by atomic mass is 9.85. The normalized spacial score (nSPS) is 23.1. The van der Waals surface area contributed by atoms with Crippen molar-refractivity contribution in [3.63, 3.8) is 0 Å². The molecule has 26 nitrogen and oxygen atoms in total. The number of hydrogen-bond donors (Lipinski definition) is 10. The minimum atomic E-state index is -1.69. The molecule has 10 N–H and O–H groups in total. The van der Waals surface area contributed by atoms with Gasteiger partial charge in [0.15, 0.2) is 5.78 Å². The molecule has 0 aliphatic carbocycles. The number of imidazole rings is 1. The third-order valence-corrected chi connectivity index (χ3v) is 19.3. The number of likely N-dealkylation sites (N-methyl/N-ethyl adjacent to an activating group) is 2. The number of likely N-dealkylation sites (tertiary alicyclic amines) is 2. The van der Waals surface area contributed by atoms with Crippen molar-refractivity contribution in [1.82, 2.24) is 57.0 Å². The Labute approximate surface area is 592 Å². The van der Waals surface area contributed by atoms with Crippen molar-refractivity contribution in [3.05, 3.63) is 156 Å². The molecule has 2 fully saturated rings. The predicted molar refractivity (Wildman–Crippen MR) is 379 cm³/mol. The molecule has 10 rings (SSSR count). The Balaban J connectivity index is 1.05. The number of ketones is 2. The van der Waals surface area contributed by atoms with Gasteiger partial charge >= 0.3 is 11.9 Å². The van der Waals surface area contributed by atoms with Gasteiger partial charge < -0.3 is 71.7 Å². The fraction of sp³-hybridized carbons (Fsp3) is 0.447. The number of aromatic amines is 1. The first-order chi connectivity index (χ1) is 48.7. The first-order valence-corrected chi connectivity index (χ1v) is 34.6. The van der Waals surface area contributed by atoms with Crippen LogP contribution >= 0.6 is 0 Å². The Hall–Kier alpha value is -10.2. The third-order valence-electron chi connectivity index (χ3n) is 19.3. The second-order valence-electron chi connectivity index (χ2n) is 27.8. The fourth-order valence-corrected chi connectivity index (χ4v) is 13.2. The number of ether oxygens (including phenoxy) is 2. The minimum absolute atomic E-state index is 0.0103.